The molecule has 0 bridgehead atoms. The molecule has 0 radical (unpaired) electrons. The van der Waals surface area contributed by atoms with Crippen LogP contribution in [0.2, 0.25) is 0 Å². The summed E-state index contributed by atoms with van der Waals surface area (Å²) in [5.41, 5.74) is 2.92. The summed E-state index contributed by atoms with van der Waals surface area (Å²) in [5.74, 6) is 0.924. The van der Waals surface area contributed by atoms with Crippen LogP contribution in [0.4, 0.5) is 0 Å². The number of nitrogens with one attached hydrogen (secondary N) is 1. The average Bonchev–Trinajstić information content (AvgIpc) is 2.45. The first-order valence-electron chi connectivity index (χ1n) is 7.66. The number of piperidine rings is 1. The van der Waals surface area contributed by atoms with Crippen molar-refractivity contribution in [3.05, 3.63) is 35.4 Å². The third-order valence-electron chi connectivity index (χ3n) is 4.64. The number of benzene rings is 1. The minimum absolute atomic E-state index is 0.562. The Labute approximate surface area is 118 Å². The third kappa shape index (κ3) is 3.80. The minimum atomic E-state index is 0.562. The van der Waals surface area contributed by atoms with Crippen molar-refractivity contribution in [2.75, 3.05) is 26.7 Å². The SMILES string of the molecule is CNCCC1CCN(C(C)c2ccccc2C)CC1. The van der Waals surface area contributed by atoms with Crippen LogP contribution in [0.1, 0.15) is 43.4 Å². The molecular weight excluding hydrogens is 232 g/mol. The van der Waals surface area contributed by atoms with Gasteiger partial charge < -0.3 is 5.32 Å². The molecule has 1 aliphatic heterocycles. The van der Waals surface area contributed by atoms with Gasteiger partial charge in [0.05, 0.1) is 0 Å². The van der Waals surface area contributed by atoms with E-state index >= 15 is 0 Å². The molecule has 0 spiro atoms. The predicted molar refractivity (Wildman–Crippen MR) is 82.4 cm³/mol. The maximum atomic E-state index is 3.27. The number of likely N-dealkylation sites (tertiary alicyclic amines) is 1. The van der Waals surface area contributed by atoms with Gasteiger partial charge in [-0.3, -0.25) is 4.90 Å². The Bertz CT molecular complexity index is 381. The Hall–Kier alpha value is -0.860. The molecule has 0 aromatic heterocycles. The zero-order chi connectivity index (χ0) is 13.7. The van der Waals surface area contributed by atoms with Gasteiger partial charge in [0.1, 0.15) is 0 Å². The third-order valence-corrected chi connectivity index (χ3v) is 4.64. The average molecular weight is 260 g/mol. The van der Waals surface area contributed by atoms with Gasteiger partial charge in [0.15, 0.2) is 0 Å². The van der Waals surface area contributed by atoms with Crippen molar-refractivity contribution in [1.29, 1.82) is 0 Å². The van der Waals surface area contributed by atoms with E-state index in [-0.39, 0.29) is 0 Å². The molecule has 1 heterocycles. The number of aryl methyl sites for hydroxylation is 1. The van der Waals surface area contributed by atoms with Crippen molar-refractivity contribution < 1.29 is 0 Å². The number of hydrogen-bond acceptors (Lipinski definition) is 2. The van der Waals surface area contributed by atoms with Crippen molar-refractivity contribution >= 4 is 0 Å². The van der Waals surface area contributed by atoms with E-state index in [2.05, 4.69) is 55.4 Å². The van der Waals surface area contributed by atoms with E-state index in [1.165, 1.54) is 43.5 Å². The first-order valence-corrected chi connectivity index (χ1v) is 7.66. The van der Waals surface area contributed by atoms with Crippen LogP contribution in [-0.2, 0) is 0 Å². The van der Waals surface area contributed by atoms with Gasteiger partial charge in [0.2, 0.25) is 0 Å². The molecule has 1 aromatic rings. The van der Waals surface area contributed by atoms with Crippen LogP contribution in [-0.4, -0.2) is 31.6 Å². The van der Waals surface area contributed by atoms with E-state index in [9.17, 15) is 0 Å². The highest BCUT2D eigenvalue weighted by molar-refractivity contribution is 5.28. The molecule has 1 aromatic carbocycles. The van der Waals surface area contributed by atoms with Crippen LogP contribution in [0.3, 0.4) is 0 Å². The van der Waals surface area contributed by atoms with E-state index in [0.29, 0.717) is 6.04 Å². The molecule has 2 rings (SSSR count). The fourth-order valence-corrected chi connectivity index (χ4v) is 3.23. The first kappa shape index (κ1) is 14.5. The Balaban J connectivity index is 1.89. The molecule has 1 unspecified atom stereocenters. The van der Waals surface area contributed by atoms with Crippen molar-refractivity contribution in [1.82, 2.24) is 10.2 Å². The van der Waals surface area contributed by atoms with Gasteiger partial charge in [-0.2, -0.15) is 0 Å². The van der Waals surface area contributed by atoms with Crippen LogP contribution in [0.15, 0.2) is 24.3 Å². The zero-order valence-electron chi connectivity index (χ0n) is 12.7. The standard InChI is InChI=1S/C17H28N2/c1-14-6-4-5-7-17(14)15(2)19-12-9-16(10-13-19)8-11-18-3/h4-7,15-16,18H,8-13H2,1-3H3. The number of rotatable bonds is 5. The molecule has 1 N–H and O–H groups in total. The van der Waals surface area contributed by atoms with Crippen molar-refractivity contribution in [3.8, 4) is 0 Å². The van der Waals surface area contributed by atoms with Crippen molar-refractivity contribution in [2.45, 2.75) is 39.2 Å². The summed E-state index contributed by atoms with van der Waals surface area (Å²) in [6.07, 6.45) is 4.05. The summed E-state index contributed by atoms with van der Waals surface area (Å²) in [5, 5.41) is 3.27. The Morgan fingerprint density at radius 2 is 1.95 bits per heavy atom. The van der Waals surface area contributed by atoms with Gasteiger partial charge >= 0.3 is 0 Å². The second-order valence-corrected chi connectivity index (χ2v) is 5.90. The highest BCUT2D eigenvalue weighted by Crippen LogP contribution is 2.29. The van der Waals surface area contributed by atoms with Gasteiger partial charge in [-0.15, -0.1) is 0 Å². The predicted octanol–water partition coefficient (Wildman–Crippen LogP) is 3.38. The van der Waals surface area contributed by atoms with Crippen molar-refractivity contribution in [2.24, 2.45) is 5.92 Å². The second-order valence-electron chi connectivity index (χ2n) is 5.90. The van der Waals surface area contributed by atoms with Gasteiger partial charge in [-0.05, 0) is 76.8 Å². The Kier molecular flexibility index (Phi) is 5.41. The largest absolute Gasteiger partial charge is 0.320 e. The summed E-state index contributed by atoms with van der Waals surface area (Å²) < 4.78 is 0. The minimum Gasteiger partial charge on any atom is -0.320 e. The molecule has 0 amide bonds. The van der Waals surface area contributed by atoms with Crippen LogP contribution < -0.4 is 5.32 Å². The lowest BCUT2D eigenvalue weighted by Gasteiger charge is -2.36. The van der Waals surface area contributed by atoms with Crippen LogP contribution >= 0.6 is 0 Å². The Morgan fingerprint density at radius 1 is 1.26 bits per heavy atom. The first-order chi connectivity index (χ1) is 9.22. The fraction of sp³-hybridized carbons (Fsp3) is 0.647. The maximum absolute atomic E-state index is 3.27. The molecular formula is C17H28N2. The highest BCUT2D eigenvalue weighted by atomic mass is 15.2. The second kappa shape index (κ2) is 7.06. The lowest BCUT2D eigenvalue weighted by molar-refractivity contribution is 0.137. The van der Waals surface area contributed by atoms with E-state index < -0.39 is 0 Å². The monoisotopic (exact) mass is 260 g/mol. The molecule has 1 atom stereocenters. The molecule has 1 aliphatic rings. The summed E-state index contributed by atoms with van der Waals surface area (Å²) in [6, 6.07) is 9.37. The van der Waals surface area contributed by atoms with E-state index in [1.807, 2.05) is 0 Å². The summed E-state index contributed by atoms with van der Waals surface area (Å²) in [4.78, 5) is 2.65. The highest BCUT2D eigenvalue weighted by Gasteiger charge is 2.23. The zero-order valence-corrected chi connectivity index (χ0v) is 12.7. The molecule has 2 heteroatoms. The number of nitrogens with zero attached hydrogens (tertiary/aromatic N) is 1. The van der Waals surface area contributed by atoms with Crippen LogP contribution in [0.25, 0.3) is 0 Å². The lowest BCUT2D eigenvalue weighted by atomic mass is 9.91. The van der Waals surface area contributed by atoms with Crippen LogP contribution in [0, 0.1) is 12.8 Å². The fourth-order valence-electron chi connectivity index (χ4n) is 3.23. The summed E-state index contributed by atoms with van der Waals surface area (Å²) in [6.45, 7) is 8.26. The molecule has 0 saturated carbocycles. The normalized spacial score (nSPS) is 19.5. The lowest BCUT2D eigenvalue weighted by Crippen LogP contribution is -2.36. The molecule has 19 heavy (non-hydrogen) atoms. The van der Waals surface area contributed by atoms with E-state index in [4.69, 9.17) is 0 Å². The number of hydrogen-bond donors (Lipinski definition) is 1. The van der Waals surface area contributed by atoms with E-state index in [1.54, 1.807) is 0 Å². The van der Waals surface area contributed by atoms with Gasteiger partial charge in [0, 0.05) is 6.04 Å². The van der Waals surface area contributed by atoms with Crippen LogP contribution in [0.5, 0.6) is 0 Å². The van der Waals surface area contributed by atoms with E-state index in [0.717, 1.165) is 12.5 Å². The summed E-state index contributed by atoms with van der Waals surface area (Å²) in [7, 11) is 2.05. The molecule has 0 aliphatic carbocycles. The Morgan fingerprint density at radius 3 is 2.58 bits per heavy atom. The van der Waals surface area contributed by atoms with Gasteiger partial charge in [-0.1, -0.05) is 24.3 Å². The quantitative estimate of drug-likeness (QED) is 0.873. The van der Waals surface area contributed by atoms with Gasteiger partial charge in [0.25, 0.3) is 0 Å². The smallest absolute Gasteiger partial charge is 0.0322 e. The molecule has 1 saturated heterocycles. The molecule has 2 nitrogen and oxygen atoms in total. The van der Waals surface area contributed by atoms with Gasteiger partial charge in [-0.25, -0.2) is 0 Å². The summed E-state index contributed by atoms with van der Waals surface area (Å²) >= 11 is 0. The van der Waals surface area contributed by atoms with Crippen molar-refractivity contribution in [3.63, 3.8) is 0 Å². The molecule has 106 valence electrons. The topological polar surface area (TPSA) is 15.3 Å². The molecule has 1 fully saturated rings. The maximum Gasteiger partial charge on any atom is 0.0322 e.